The minimum Gasteiger partial charge on any atom is -0.455 e. The molecular formula is C25H28N2O3S. The standard InChI is InChI=1S/C25H28N2O3S/c1-18-7-10-22(11-8-18)31(29)17-21-9-12-24(30-21)25(28)27-15-13-26(14-16-27)23-6-4-5-19(2)20(23)3/h4-12H,13-17H2,1-3H3/t31-/m1/s1. The maximum absolute atomic E-state index is 12.9. The molecule has 0 unspecified atom stereocenters. The Morgan fingerprint density at radius 1 is 0.935 bits per heavy atom. The third-order valence-corrected chi connectivity index (χ3v) is 7.26. The lowest BCUT2D eigenvalue weighted by atomic mass is 10.1. The molecule has 0 spiro atoms. The SMILES string of the molecule is Cc1ccc([S@](=O)Cc2ccc(C(=O)N3CCN(c4cccc(C)c4C)CC3)o2)cc1. The summed E-state index contributed by atoms with van der Waals surface area (Å²) in [6, 6.07) is 17.4. The minimum atomic E-state index is -1.20. The van der Waals surface area contributed by atoms with Gasteiger partial charge in [-0.2, -0.15) is 0 Å². The summed E-state index contributed by atoms with van der Waals surface area (Å²) < 4.78 is 18.3. The van der Waals surface area contributed by atoms with Crippen molar-refractivity contribution in [2.75, 3.05) is 31.1 Å². The Hall–Kier alpha value is -2.86. The molecular weight excluding hydrogens is 408 g/mol. The van der Waals surface area contributed by atoms with Crippen LogP contribution in [0.25, 0.3) is 0 Å². The maximum atomic E-state index is 12.9. The van der Waals surface area contributed by atoms with Crippen LogP contribution in [0.1, 0.15) is 33.0 Å². The Kier molecular flexibility index (Phi) is 6.28. The van der Waals surface area contributed by atoms with Gasteiger partial charge in [0.15, 0.2) is 5.76 Å². The van der Waals surface area contributed by atoms with Gasteiger partial charge in [0.2, 0.25) is 0 Å². The van der Waals surface area contributed by atoms with Crippen LogP contribution in [0.3, 0.4) is 0 Å². The van der Waals surface area contributed by atoms with E-state index >= 15 is 0 Å². The van der Waals surface area contributed by atoms with Crippen molar-refractivity contribution in [2.24, 2.45) is 0 Å². The van der Waals surface area contributed by atoms with E-state index in [0.717, 1.165) is 23.5 Å². The molecule has 1 atom stereocenters. The number of rotatable bonds is 5. The van der Waals surface area contributed by atoms with Crippen molar-refractivity contribution in [3.63, 3.8) is 0 Å². The number of carbonyl (C=O) groups excluding carboxylic acids is 1. The Morgan fingerprint density at radius 3 is 2.35 bits per heavy atom. The fraction of sp³-hybridized carbons (Fsp3) is 0.320. The molecule has 0 radical (unpaired) electrons. The van der Waals surface area contributed by atoms with Crippen LogP contribution in [0.15, 0.2) is 63.9 Å². The summed E-state index contributed by atoms with van der Waals surface area (Å²) in [4.78, 5) is 17.8. The number of nitrogens with zero attached hydrogens (tertiary/aromatic N) is 2. The second-order valence-corrected chi connectivity index (χ2v) is 9.52. The second kappa shape index (κ2) is 9.10. The fourth-order valence-electron chi connectivity index (χ4n) is 3.86. The molecule has 0 saturated carbocycles. The molecule has 6 heteroatoms. The number of piperazine rings is 1. The highest BCUT2D eigenvalue weighted by atomic mass is 32.2. The van der Waals surface area contributed by atoms with Crippen LogP contribution >= 0.6 is 0 Å². The highest BCUT2D eigenvalue weighted by Gasteiger charge is 2.25. The monoisotopic (exact) mass is 436 g/mol. The number of amides is 1. The van der Waals surface area contributed by atoms with Gasteiger partial charge in [-0.25, -0.2) is 0 Å². The van der Waals surface area contributed by atoms with E-state index in [-0.39, 0.29) is 11.7 Å². The van der Waals surface area contributed by atoms with E-state index in [1.54, 1.807) is 12.1 Å². The van der Waals surface area contributed by atoms with E-state index in [4.69, 9.17) is 4.42 Å². The number of hydrogen-bond donors (Lipinski definition) is 0. The topological polar surface area (TPSA) is 53.8 Å². The fourth-order valence-corrected chi connectivity index (χ4v) is 4.88. The molecule has 162 valence electrons. The van der Waals surface area contributed by atoms with E-state index in [1.807, 2.05) is 36.1 Å². The molecule has 0 N–H and O–H groups in total. The molecule has 0 aliphatic carbocycles. The van der Waals surface area contributed by atoms with E-state index in [1.165, 1.54) is 16.8 Å². The zero-order valence-corrected chi connectivity index (χ0v) is 19.1. The molecule has 2 heterocycles. The number of hydrogen-bond acceptors (Lipinski definition) is 4. The van der Waals surface area contributed by atoms with Gasteiger partial charge in [-0.15, -0.1) is 0 Å². The van der Waals surface area contributed by atoms with Gasteiger partial charge in [0.1, 0.15) is 5.76 Å². The number of anilines is 1. The Labute approximate surface area is 186 Å². The number of benzene rings is 2. The van der Waals surface area contributed by atoms with Gasteiger partial charge < -0.3 is 14.2 Å². The van der Waals surface area contributed by atoms with E-state index in [9.17, 15) is 9.00 Å². The normalized spacial score (nSPS) is 15.2. The molecule has 5 nitrogen and oxygen atoms in total. The van der Waals surface area contributed by atoms with Crippen molar-refractivity contribution in [3.05, 3.63) is 82.8 Å². The predicted molar refractivity (Wildman–Crippen MR) is 124 cm³/mol. The lowest BCUT2D eigenvalue weighted by Gasteiger charge is -2.36. The first-order valence-electron chi connectivity index (χ1n) is 10.6. The Balaban J connectivity index is 1.36. The molecule has 4 rings (SSSR count). The number of aryl methyl sites for hydroxylation is 2. The zero-order chi connectivity index (χ0) is 22.0. The summed E-state index contributed by atoms with van der Waals surface area (Å²) in [6.07, 6.45) is 0. The van der Waals surface area contributed by atoms with Crippen LogP contribution in [0.5, 0.6) is 0 Å². The first-order valence-corrected chi connectivity index (χ1v) is 11.9. The largest absolute Gasteiger partial charge is 0.455 e. The van der Waals surface area contributed by atoms with Crippen molar-refractivity contribution in [1.82, 2.24) is 4.90 Å². The molecule has 1 aromatic heterocycles. The van der Waals surface area contributed by atoms with Crippen LogP contribution in [0.2, 0.25) is 0 Å². The number of carbonyl (C=O) groups is 1. The summed E-state index contributed by atoms with van der Waals surface area (Å²) >= 11 is 0. The van der Waals surface area contributed by atoms with Gasteiger partial charge in [-0.1, -0.05) is 29.8 Å². The van der Waals surface area contributed by atoms with Crippen molar-refractivity contribution in [1.29, 1.82) is 0 Å². The first kappa shape index (κ1) is 21.4. The van der Waals surface area contributed by atoms with Gasteiger partial charge in [0, 0.05) is 36.8 Å². The smallest absolute Gasteiger partial charge is 0.289 e. The summed E-state index contributed by atoms with van der Waals surface area (Å²) in [5.74, 6) is 1.04. The van der Waals surface area contributed by atoms with Gasteiger partial charge in [0.25, 0.3) is 5.91 Å². The van der Waals surface area contributed by atoms with E-state index in [2.05, 4.69) is 36.9 Å². The molecule has 3 aromatic rings. The van der Waals surface area contributed by atoms with Gasteiger partial charge in [-0.05, 0) is 62.2 Å². The molecule has 1 aliphatic rings. The summed E-state index contributed by atoms with van der Waals surface area (Å²) in [5, 5.41) is 0. The van der Waals surface area contributed by atoms with Crippen molar-refractivity contribution >= 4 is 22.4 Å². The van der Waals surface area contributed by atoms with Gasteiger partial charge in [-0.3, -0.25) is 9.00 Å². The van der Waals surface area contributed by atoms with Crippen molar-refractivity contribution in [3.8, 4) is 0 Å². The van der Waals surface area contributed by atoms with Crippen LogP contribution in [-0.4, -0.2) is 41.2 Å². The lowest BCUT2D eigenvalue weighted by Crippen LogP contribution is -2.49. The minimum absolute atomic E-state index is 0.104. The molecule has 31 heavy (non-hydrogen) atoms. The van der Waals surface area contributed by atoms with Gasteiger partial charge in [0.05, 0.1) is 16.6 Å². The second-order valence-electron chi connectivity index (χ2n) is 8.07. The average Bonchev–Trinajstić information content (AvgIpc) is 3.24. The van der Waals surface area contributed by atoms with Crippen LogP contribution in [0, 0.1) is 20.8 Å². The van der Waals surface area contributed by atoms with E-state index < -0.39 is 10.8 Å². The quantitative estimate of drug-likeness (QED) is 0.592. The Morgan fingerprint density at radius 2 is 1.65 bits per heavy atom. The summed E-state index contributed by atoms with van der Waals surface area (Å²) in [6.45, 7) is 9.16. The zero-order valence-electron chi connectivity index (χ0n) is 18.3. The van der Waals surface area contributed by atoms with Crippen LogP contribution < -0.4 is 4.90 Å². The molecule has 1 saturated heterocycles. The number of furan rings is 1. The molecule has 1 amide bonds. The van der Waals surface area contributed by atoms with Crippen molar-refractivity contribution < 1.29 is 13.4 Å². The molecule has 1 fully saturated rings. The van der Waals surface area contributed by atoms with Gasteiger partial charge >= 0.3 is 0 Å². The van der Waals surface area contributed by atoms with Crippen molar-refractivity contribution in [2.45, 2.75) is 31.4 Å². The highest BCUT2D eigenvalue weighted by Crippen LogP contribution is 2.24. The third-order valence-electron chi connectivity index (χ3n) is 5.91. The third kappa shape index (κ3) is 4.74. The molecule has 1 aliphatic heterocycles. The van der Waals surface area contributed by atoms with E-state index in [0.29, 0.717) is 24.6 Å². The van der Waals surface area contributed by atoms with Crippen LogP contribution in [0.4, 0.5) is 5.69 Å². The maximum Gasteiger partial charge on any atom is 0.289 e. The predicted octanol–water partition coefficient (Wildman–Crippen LogP) is 4.48. The summed E-state index contributed by atoms with van der Waals surface area (Å²) in [7, 11) is -1.20. The summed E-state index contributed by atoms with van der Waals surface area (Å²) in [5.41, 5.74) is 4.94. The first-order chi connectivity index (χ1) is 14.9. The Bertz CT molecular complexity index is 1100. The molecule has 0 bridgehead atoms. The average molecular weight is 437 g/mol. The van der Waals surface area contributed by atoms with Crippen LogP contribution in [-0.2, 0) is 16.6 Å². The lowest BCUT2D eigenvalue weighted by molar-refractivity contribution is 0.0713. The molecule has 2 aromatic carbocycles. The highest BCUT2D eigenvalue weighted by molar-refractivity contribution is 7.84.